The third-order valence-corrected chi connectivity index (χ3v) is 3.58. The second-order valence-corrected chi connectivity index (χ2v) is 4.16. The second-order valence-electron chi connectivity index (χ2n) is 2.75. The van der Waals surface area contributed by atoms with Crippen molar-refractivity contribution in [3.05, 3.63) is 25.3 Å². The zero-order valence-electron chi connectivity index (χ0n) is 8.42. The van der Waals surface area contributed by atoms with E-state index in [1.54, 1.807) is 0 Å². The van der Waals surface area contributed by atoms with Gasteiger partial charge in [0.25, 0.3) is 0 Å². The average Bonchev–Trinajstić information content (AvgIpc) is 2.49. The van der Waals surface area contributed by atoms with Crippen LogP contribution in [0.1, 0.15) is 20.8 Å². The highest BCUT2D eigenvalue weighted by Crippen LogP contribution is 2.37. The maximum Gasteiger partial charge on any atom is 0.00875 e. The van der Waals surface area contributed by atoms with Crippen molar-refractivity contribution in [2.75, 3.05) is 5.75 Å². The van der Waals surface area contributed by atoms with Gasteiger partial charge in [0.05, 0.1) is 0 Å². The second kappa shape index (κ2) is 6.36. The van der Waals surface area contributed by atoms with Gasteiger partial charge in [-0.15, -0.1) is 13.2 Å². The number of allylic oxidation sites excluding steroid dienone is 2. The van der Waals surface area contributed by atoms with Gasteiger partial charge in [0.2, 0.25) is 0 Å². The number of hydrogen-bond acceptors (Lipinski definition) is 1. The van der Waals surface area contributed by atoms with E-state index in [0.717, 1.165) is 5.25 Å². The molecule has 0 N–H and O–H groups in total. The molecule has 1 aliphatic rings. The quantitative estimate of drug-likeness (QED) is 0.589. The highest BCUT2D eigenvalue weighted by atomic mass is 32.2. The van der Waals surface area contributed by atoms with Gasteiger partial charge in [-0.2, -0.15) is 11.8 Å². The molecule has 0 bridgehead atoms. The molecule has 1 aliphatic heterocycles. The van der Waals surface area contributed by atoms with Crippen LogP contribution < -0.4 is 0 Å². The maximum absolute atomic E-state index is 3.83. The molecule has 1 rings (SSSR count). The van der Waals surface area contributed by atoms with Crippen LogP contribution in [0, 0.1) is 11.8 Å². The van der Waals surface area contributed by atoms with E-state index in [-0.39, 0.29) is 0 Å². The van der Waals surface area contributed by atoms with Crippen molar-refractivity contribution >= 4 is 11.8 Å². The Kier molecular flexibility index (Phi) is 6.27. The molecule has 12 heavy (non-hydrogen) atoms. The molecule has 0 aromatic heterocycles. The molecule has 1 heteroatoms. The third kappa shape index (κ3) is 2.71. The molecule has 2 unspecified atom stereocenters. The predicted octanol–water partition coefficient (Wildman–Crippen LogP) is 3.75. The Bertz CT molecular complexity index is 140. The Hall–Kier alpha value is -0.170. The van der Waals surface area contributed by atoms with E-state index in [1.807, 2.05) is 25.6 Å². The van der Waals surface area contributed by atoms with Crippen LogP contribution in [-0.4, -0.2) is 11.0 Å². The van der Waals surface area contributed by atoms with Gasteiger partial charge in [-0.25, -0.2) is 0 Å². The Morgan fingerprint density at radius 2 is 1.83 bits per heavy atom. The van der Waals surface area contributed by atoms with Crippen molar-refractivity contribution < 1.29 is 0 Å². The van der Waals surface area contributed by atoms with Crippen LogP contribution in [-0.2, 0) is 0 Å². The van der Waals surface area contributed by atoms with E-state index in [9.17, 15) is 0 Å². The first kappa shape index (κ1) is 11.8. The summed E-state index contributed by atoms with van der Waals surface area (Å²) in [5, 5.41) is 0.737. The molecule has 0 aromatic carbocycles. The Morgan fingerprint density at radius 1 is 1.25 bits per heavy atom. The summed E-state index contributed by atoms with van der Waals surface area (Å²) in [6, 6.07) is 0. The molecule has 0 saturated carbocycles. The van der Waals surface area contributed by atoms with Gasteiger partial charge in [0.1, 0.15) is 0 Å². The van der Waals surface area contributed by atoms with Crippen LogP contribution in [0.4, 0.5) is 0 Å². The van der Waals surface area contributed by atoms with E-state index < -0.39 is 0 Å². The molecule has 0 aromatic rings. The number of thioether (sulfide) groups is 1. The largest absolute Gasteiger partial charge is 0.158 e. The van der Waals surface area contributed by atoms with Gasteiger partial charge in [0.15, 0.2) is 0 Å². The monoisotopic (exact) mass is 184 g/mol. The van der Waals surface area contributed by atoms with Gasteiger partial charge in [-0.1, -0.05) is 32.9 Å². The fourth-order valence-corrected chi connectivity index (χ4v) is 2.84. The van der Waals surface area contributed by atoms with Gasteiger partial charge >= 0.3 is 0 Å². The molecular formula is C11H20S. The van der Waals surface area contributed by atoms with Crippen LogP contribution in [0.2, 0.25) is 0 Å². The molecule has 1 fully saturated rings. The average molecular weight is 184 g/mol. The fourth-order valence-electron chi connectivity index (χ4n) is 1.42. The lowest BCUT2D eigenvalue weighted by Crippen LogP contribution is -2.11. The SMILES string of the molecule is C=CC1C(C)SC[C@@H]1C=C.CC. The van der Waals surface area contributed by atoms with E-state index in [4.69, 9.17) is 0 Å². The summed E-state index contributed by atoms with van der Waals surface area (Å²) in [6.07, 6.45) is 4.12. The highest BCUT2D eigenvalue weighted by Gasteiger charge is 2.29. The number of rotatable bonds is 2. The third-order valence-electron chi connectivity index (χ3n) is 2.16. The normalized spacial score (nSPS) is 33.4. The minimum Gasteiger partial charge on any atom is -0.158 e. The van der Waals surface area contributed by atoms with Crippen LogP contribution in [0.25, 0.3) is 0 Å². The standard InChI is InChI=1S/C9H14S.C2H6/c1-4-8-6-10-7(3)9(8)5-2;1-2/h4-5,7-9H,1-2,6H2,3H3;1-2H3/t7?,8-,9?;/m0./s1. The van der Waals surface area contributed by atoms with Crippen molar-refractivity contribution in [3.8, 4) is 0 Å². The van der Waals surface area contributed by atoms with Crippen molar-refractivity contribution in [1.82, 2.24) is 0 Å². The van der Waals surface area contributed by atoms with Crippen molar-refractivity contribution in [1.29, 1.82) is 0 Å². The molecule has 3 atom stereocenters. The topological polar surface area (TPSA) is 0 Å². The summed E-state index contributed by atoms with van der Waals surface area (Å²) in [7, 11) is 0. The number of hydrogen-bond donors (Lipinski definition) is 0. The highest BCUT2D eigenvalue weighted by molar-refractivity contribution is 8.00. The lowest BCUT2D eigenvalue weighted by Gasteiger charge is -2.13. The van der Waals surface area contributed by atoms with E-state index in [1.165, 1.54) is 5.75 Å². The predicted molar refractivity (Wildman–Crippen MR) is 60.6 cm³/mol. The molecule has 1 saturated heterocycles. The van der Waals surface area contributed by atoms with Crippen LogP contribution in [0.3, 0.4) is 0 Å². The van der Waals surface area contributed by atoms with Gasteiger partial charge in [-0.3, -0.25) is 0 Å². The molecule has 1 heterocycles. The van der Waals surface area contributed by atoms with E-state index >= 15 is 0 Å². The maximum atomic E-state index is 3.83. The summed E-state index contributed by atoms with van der Waals surface area (Å²) in [5.41, 5.74) is 0. The van der Waals surface area contributed by atoms with Gasteiger partial charge < -0.3 is 0 Å². The van der Waals surface area contributed by atoms with Crippen molar-refractivity contribution in [2.24, 2.45) is 11.8 Å². The van der Waals surface area contributed by atoms with Crippen molar-refractivity contribution in [3.63, 3.8) is 0 Å². The zero-order chi connectivity index (χ0) is 9.56. The van der Waals surface area contributed by atoms with Crippen LogP contribution in [0.15, 0.2) is 25.3 Å². The summed E-state index contributed by atoms with van der Waals surface area (Å²) in [5.74, 6) is 2.54. The lowest BCUT2D eigenvalue weighted by molar-refractivity contribution is 0.546. The van der Waals surface area contributed by atoms with E-state index in [0.29, 0.717) is 11.8 Å². The molecule has 0 nitrogen and oxygen atoms in total. The summed E-state index contributed by atoms with van der Waals surface area (Å²) in [6.45, 7) is 13.9. The first-order chi connectivity index (χ1) is 5.79. The van der Waals surface area contributed by atoms with Crippen LogP contribution in [0.5, 0.6) is 0 Å². The molecule has 0 aliphatic carbocycles. The molecular weight excluding hydrogens is 164 g/mol. The summed E-state index contributed by atoms with van der Waals surface area (Å²) < 4.78 is 0. The first-order valence-electron chi connectivity index (χ1n) is 4.66. The molecule has 0 spiro atoms. The minimum absolute atomic E-state index is 0.655. The first-order valence-corrected chi connectivity index (χ1v) is 5.71. The Morgan fingerprint density at radius 3 is 2.17 bits per heavy atom. The summed E-state index contributed by atoms with van der Waals surface area (Å²) >= 11 is 2.02. The van der Waals surface area contributed by atoms with Gasteiger partial charge in [-0.05, 0) is 11.8 Å². The lowest BCUT2D eigenvalue weighted by atomic mass is 9.92. The van der Waals surface area contributed by atoms with Gasteiger partial charge in [0, 0.05) is 11.0 Å². The fraction of sp³-hybridized carbons (Fsp3) is 0.636. The Labute approximate surface area is 81.1 Å². The smallest absolute Gasteiger partial charge is 0.00875 e. The molecule has 70 valence electrons. The molecule has 0 amide bonds. The van der Waals surface area contributed by atoms with E-state index in [2.05, 4.69) is 32.2 Å². The van der Waals surface area contributed by atoms with Crippen LogP contribution >= 0.6 is 11.8 Å². The van der Waals surface area contributed by atoms with Crippen molar-refractivity contribution in [2.45, 2.75) is 26.0 Å². The zero-order valence-corrected chi connectivity index (χ0v) is 9.23. The minimum atomic E-state index is 0.655. The summed E-state index contributed by atoms with van der Waals surface area (Å²) in [4.78, 5) is 0. The molecule has 0 radical (unpaired) electrons. The Balaban J connectivity index is 0.000000561.